The third kappa shape index (κ3) is 3.33. The number of carboxylic acids is 1. The second-order valence-electron chi connectivity index (χ2n) is 4.88. The Labute approximate surface area is 115 Å². The lowest BCUT2D eigenvalue weighted by molar-refractivity contribution is -0.139. The molecule has 19 heavy (non-hydrogen) atoms. The lowest BCUT2D eigenvalue weighted by atomic mass is 9.93. The number of amides is 1. The van der Waals surface area contributed by atoms with Gasteiger partial charge in [-0.3, -0.25) is 9.59 Å². The van der Waals surface area contributed by atoms with Crippen molar-refractivity contribution in [3.63, 3.8) is 0 Å². The van der Waals surface area contributed by atoms with E-state index in [1.54, 1.807) is 0 Å². The first-order chi connectivity index (χ1) is 9.02. The van der Waals surface area contributed by atoms with E-state index in [1.165, 1.54) is 11.3 Å². The number of carbonyl (C=O) groups excluding carboxylic acids is 1. The van der Waals surface area contributed by atoms with Crippen LogP contribution in [-0.4, -0.2) is 35.7 Å². The fourth-order valence-corrected chi connectivity index (χ4v) is 3.00. The van der Waals surface area contributed by atoms with Gasteiger partial charge in [0.1, 0.15) is 0 Å². The van der Waals surface area contributed by atoms with Crippen LogP contribution in [0.1, 0.15) is 30.6 Å². The summed E-state index contributed by atoms with van der Waals surface area (Å²) in [7, 11) is 0. The van der Waals surface area contributed by atoms with Crippen LogP contribution in [0.3, 0.4) is 0 Å². The van der Waals surface area contributed by atoms with Crippen molar-refractivity contribution in [2.75, 3.05) is 13.2 Å². The standard InChI is InChI=1S/C13H17NO4S/c1-9(10-3-2-6-19-10)12(17)14-13(7-11(15)16)4-5-18-8-13/h2-3,6,9H,4-5,7-8H2,1H3,(H,14,17)(H,15,16). The molecule has 0 saturated carbocycles. The van der Waals surface area contributed by atoms with Gasteiger partial charge in [-0.2, -0.15) is 0 Å². The van der Waals surface area contributed by atoms with E-state index in [0.717, 1.165) is 4.88 Å². The summed E-state index contributed by atoms with van der Waals surface area (Å²) in [6, 6.07) is 3.80. The average molecular weight is 283 g/mol. The molecule has 2 N–H and O–H groups in total. The Morgan fingerprint density at radius 1 is 1.63 bits per heavy atom. The van der Waals surface area contributed by atoms with Gasteiger partial charge in [0.25, 0.3) is 0 Å². The molecule has 0 bridgehead atoms. The molecular weight excluding hydrogens is 266 g/mol. The summed E-state index contributed by atoms with van der Waals surface area (Å²) in [5.41, 5.74) is -0.756. The summed E-state index contributed by atoms with van der Waals surface area (Å²) >= 11 is 1.52. The first-order valence-corrected chi connectivity index (χ1v) is 7.05. The van der Waals surface area contributed by atoms with Crippen molar-refractivity contribution in [2.45, 2.75) is 31.2 Å². The Bertz CT molecular complexity index is 451. The Hall–Kier alpha value is -1.40. The molecule has 2 unspecified atom stereocenters. The molecule has 2 atom stereocenters. The van der Waals surface area contributed by atoms with E-state index in [-0.39, 0.29) is 24.9 Å². The van der Waals surface area contributed by atoms with Crippen molar-refractivity contribution in [1.82, 2.24) is 5.32 Å². The molecule has 1 fully saturated rings. The minimum Gasteiger partial charge on any atom is -0.481 e. The molecule has 2 rings (SSSR count). The molecule has 1 aliphatic rings. The van der Waals surface area contributed by atoms with Crippen molar-refractivity contribution in [3.05, 3.63) is 22.4 Å². The van der Waals surface area contributed by atoms with Gasteiger partial charge in [-0.05, 0) is 24.8 Å². The van der Waals surface area contributed by atoms with E-state index in [9.17, 15) is 9.59 Å². The number of aliphatic carboxylic acids is 1. The second kappa shape index (κ2) is 5.71. The maximum Gasteiger partial charge on any atom is 0.305 e. The van der Waals surface area contributed by atoms with Gasteiger partial charge < -0.3 is 15.2 Å². The van der Waals surface area contributed by atoms with Gasteiger partial charge in [-0.1, -0.05) is 6.07 Å². The monoisotopic (exact) mass is 283 g/mol. The number of hydrogen-bond donors (Lipinski definition) is 2. The lowest BCUT2D eigenvalue weighted by Crippen LogP contribution is -2.51. The normalized spacial score (nSPS) is 24.1. The van der Waals surface area contributed by atoms with Crippen molar-refractivity contribution in [3.8, 4) is 0 Å². The molecule has 0 radical (unpaired) electrons. The fraction of sp³-hybridized carbons (Fsp3) is 0.538. The zero-order valence-electron chi connectivity index (χ0n) is 10.7. The number of rotatable bonds is 5. The summed E-state index contributed by atoms with van der Waals surface area (Å²) in [5.74, 6) is -1.34. The summed E-state index contributed by atoms with van der Waals surface area (Å²) in [5, 5.41) is 13.8. The maximum atomic E-state index is 12.2. The minimum atomic E-state index is -0.922. The molecule has 0 spiro atoms. The lowest BCUT2D eigenvalue weighted by Gasteiger charge is -2.28. The molecule has 1 saturated heterocycles. The van der Waals surface area contributed by atoms with Gasteiger partial charge >= 0.3 is 5.97 Å². The van der Waals surface area contributed by atoms with Crippen LogP contribution in [0, 0.1) is 0 Å². The number of carboxylic acid groups (broad SMARTS) is 1. The third-order valence-corrected chi connectivity index (χ3v) is 4.40. The maximum absolute atomic E-state index is 12.2. The minimum absolute atomic E-state index is 0.101. The fourth-order valence-electron chi connectivity index (χ4n) is 2.22. The van der Waals surface area contributed by atoms with E-state index in [4.69, 9.17) is 9.84 Å². The second-order valence-corrected chi connectivity index (χ2v) is 5.86. The molecule has 0 aromatic carbocycles. The zero-order valence-corrected chi connectivity index (χ0v) is 11.5. The average Bonchev–Trinajstić information content (AvgIpc) is 2.98. The van der Waals surface area contributed by atoms with Crippen molar-refractivity contribution in [1.29, 1.82) is 0 Å². The molecule has 104 valence electrons. The topological polar surface area (TPSA) is 75.6 Å². The third-order valence-electron chi connectivity index (χ3n) is 3.34. The molecule has 0 aliphatic carbocycles. The highest BCUT2D eigenvalue weighted by Gasteiger charge is 2.39. The van der Waals surface area contributed by atoms with Crippen LogP contribution in [0.5, 0.6) is 0 Å². The highest BCUT2D eigenvalue weighted by molar-refractivity contribution is 7.10. The van der Waals surface area contributed by atoms with Crippen LogP contribution in [-0.2, 0) is 14.3 Å². The number of carbonyl (C=O) groups is 2. The quantitative estimate of drug-likeness (QED) is 0.860. The van der Waals surface area contributed by atoms with E-state index in [1.807, 2.05) is 24.4 Å². The van der Waals surface area contributed by atoms with Crippen LogP contribution in [0.25, 0.3) is 0 Å². The van der Waals surface area contributed by atoms with Crippen molar-refractivity contribution >= 4 is 23.2 Å². The number of hydrogen-bond acceptors (Lipinski definition) is 4. The van der Waals surface area contributed by atoms with Crippen LogP contribution in [0.15, 0.2) is 17.5 Å². The first-order valence-electron chi connectivity index (χ1n) is 6.17. The Morgan fingerprint density at radius 2 is 2.42 bits per heavy atom. The van der Waals surface area contributed by atoms with Crippen molar-refractivity contribution in [2.24, 2.45) is 0 Å². The van der Waals surface area contributed by atoms with Gasteiger partial charge in [-0.15, -0.1) is 11.3 Å². The predicted octanol–water partition coefficient (Wildman–Crippen LogP) is 1.60. The summed E-state index contributed by atoms with van der Waals surface area (Å²) in [6.45, 7) is 2.58. The van der Waals surface area contributed by atoms with E-state index >= 15 is 0 Å². The van der Waals surface area contributed by atoms with Gasteiger partial charge in [0.2, 0.25) is 5.91 Å². The molecule has 1 aromatic heterocycles. The molecule has 1 aromatic rings. The molecule has 1 amide bonds. The van der Waals surface area contributed by atoms with Crippen molar-refractivity contribution < 1.29 is 19.4 Å². The highest BCUT2D eigenvalue weighted by atomic mass is 32.1. The number of ether oxygens (including phenoxy) is 1. The largest absolute Gasteiger partial charge is 0.481 e. The smallest absolute Gasteiger partial charge is 0.305 e. The molecular formula is C13H17NO4S. The molecule has 1 aliphatic heterocycles. The van der Waals surface area contributed by atoms with Crippen LogP contribution >= 0.6 is 11.3 Å². The van der Waals surface area contributed by atoms with Crippen LogP contribution < -0.4 is 5.32 Å². The first kappa shape index (κ1) is 14.0. The van der Waals surface area contributed by atoms with Gasteiger partial charge in [0.15, 0.2) is 0 Å². The Morgan fingerprint density at radius 3 is 2.95 bits per heavy atom. The van der Waals surface area contributed by atoms with Crippen LogP contribution in [0.2, 0.25) is 0 Å². The van der Waals surface area contributed by atoms with E-state index < -0.39 is 11.5 Å². The van der Waals surface area contributed by atoms with Gasteiger partial charge in [-0.25, -0.2) is 0 Å². The summed E-state index contributed by atoms with van der Waals surface area (Å²) < 4.78 is 5.26. The highest BCUT2D eigenvalue weighted by Crippen LogP contribution is 2.26. The van der Waals surface area contributed by atoms with Crippen LogP contribution in [0.4, 0.5) is 0 Å². The van der Waals surface area contributed by atoms with E-state index in [0.29, 0.717) is 13.0 Å². The molecule has 5 nitrogen and oxygen atoms in total. The van der Waals surface area contributed by atoms with Gasteiger partial charge in [0.05, 0.1) is 24.5 Å². The van der Waals surface area contributed by atoms with E-state index in [2.05, 4.69) is 5.32 Å². The summed E-state index contributed by atoms with van der Waals surface area (Å²) in [6.07, 6.45) is 0.443. The zero-order chi connectivity index (χ0) is 13.9. The molecule has 6 heteroatoms. The Balaban J connectivity index is 2.05. The van der Waals surface area contributed by atoms with Gasteiger partial charge in [0, 0.05) is 11.5 Å². The number of thiophene rings is 1. The summed E-state index contributed by atoms with van der Waals surface area (Å²) in [4.78, 5) is 24.1. The molecule has 2 heterocycles. The SMILES string of the molecule is CC(C(=O)NC1(CC(=O)O)CCOC1)c1cccs1. The predicted molar refractivity (Wildman–Crippen MR) is 71.3 cm³/mol. The Kier molecular flexibility index (Phi) is 4.21. The number of nitrogens with one attached hydrogen (secondary N) is 1.